The third-order valence-electron chi connectivity index (χ3n) is 12.3. The van der Waals surface area contributed by atoms with Crippen molar-refractivity contribution in [1.29, 1.82) is 0 Å². The number of hydrogen-bond donors (Lipinski definition) is 18. The number of nitrogens with two attached hydrogens (primary N) is 2. The number of carbonyl (C=O) groups excluding carboxylic acids is 12. The maximum atomic E-state index is 14.0. The van der Waals surface area contributed by atoms with Crippen LogP contribution in [-0.2, 0) is 57.5 Å². The Kier molecular flexibility index (Phi) is 26.9. The first-order valence-corrected chi connectivity index (χ1v) is 26.5. The highest BCUT2D eigenvalue weighted by molar-refractivity contribution is 6.33. The standard InChI is InChI=1S/C52H74N14O18/c1-23(2)15-29(47(53)79)65-49(81)25(5)61-51(83)31(17-39(73)74)63-37(71)21-59-35(69)19-55-11-13-57-27-7-8-28(42-41(27)45(77)43-33(67)9-10-34(68)44(43)46(42)78)58-14-12-56-20-36(70)60-22-38(72)64-32(18-40(75)76)52(84)62-26(6)50(82)66-30(48(54)80)16-24(3)4/h7-10,23-26,29-32,55-58,67-68H,11-22H2,1-6H3,(H2,53,79)(H2,54,80)(H,59,69)(H,60,70)(H,61,83)(H,62,84)(H,63,71)(H,64,72)(H,65,81)(H,66,82)(H,73,74)(H,75,76)/t25-,26-,29-,30-,31-,32-/m0/s1. The normalized spacial score (nSPS) is 13.7. The second-order valence-corrected chi connectivity index (χ2v) is 20.3. The van der Waals surface area contributed by atoms with Gasteiger partial charge < -0.3 is 95.7 Å². The molecule has 1 aliphatic carbocycles. The number of ketones is 2. The van der Waals surface area contributed by atoms with E-state index in [1.807, 2.05) is 0 Å². The Morgan fingerprint density at radius 1 is 0.429 bits per heavy atom. The second-order valence-electron chi connectivity index (χ2n) is 20.3. The maximum absolute atomic E-state index is 14.0. The third-order valence-corrected chi connectivity index (χ3v) is 12.3. The van der Waals surface area contributed by atoms with E-state index in [0.717, 1.165) is 12.1 Å². The van der Waals surface area contributed by atoms with Crippen LogP contribution in [0.1, 0.15) is 99.1 Å². The van der Waals surface area contributed by atoms with E-state index in [1.165, 1.54) is 26.0 Å². The number of phenols is 2. The fourth-order valence-corrected chi connectivity index (χ4v) is 8.16. The van der Waals surface area contributed by atoms with E-state index in [-0.39, 0.29) is 86.4 Å². The Morgan fingerprint density at radius 3 is 1.08 bits per heavy atom. The number of carboxylic acids is 2. The van der Waals surface area contributed by atoms with Crippen molar-refractivity contribution >= 4 is 94.0 Å². The molecule has 3 rings (SSSR count). The largest absolute Gasteiger partial charge is 0.507 e. The van der Waals surface area contributed by atoms with Gasteiger partial charge >= 0.3 is 11.9 Å². The molecule has 0 bridgehead atoms. The number of phenolic OH excluding ortho intramolecular Hbond substituents is 2. The van der Waals surface area contributed by atoms with Crippen molar-refractivity contribution in [3.8, 4) is 11.5 Å². The molecule has 0 heterocycles. The number of rotatable bonds is 36. The van der Waals surface area contributed by atoms with E-state index in [4.69, 9.17) is 11.5 Å². The number of amides is 10. The van der Waals surface area contributed by atoms with Crippen molar-refractivity contribution in [3.63, 3.8) is 0 Å². The zero-order valence-corrected chi connectivity index (χ0v) is 47.1. The average molecular weight is 1180 g/mol. The van der Waals surface area contributed by atoms with Crippen LogP contribution in [0.2, 0.25) is 0 Å². The molecule has 2 aromatic carbocycles. The summed E-state index contributed by atoms with van der Waals surface area (Å²) in [5, 5.41) is 70.0. The van der Waals surface area contributed by atoms with Crippen molar-refractivity contribution < 1.29 is 87.5 Å². The molecule has 0 spiro atoms. The summed E-state index contributed by atoms with van der Waals surface area (Å²) in [6.45, 7) is 7.73. The Bertz CT molecular complexity index is 2660. The summed E-state index contributed by atoms with van der Waals surface area (Å²) in [5.74, 6) is -14.4. The molecule has 0 saturated heterocycles. The van der Waals surface area contributed by atoms with Gasteiger partial charge in [0.2, 0.25) is 70.6 Å². The van der Waals surface area contributed by atoms with Crippen LogP contribution in [0.4, 0.5) is 11.4 Å². The Hall–Kier alpha value is -9.46. The van der Waals surface area contributed by atoms with Crippen LogP contribution in [0.3, 0.4) is 0 Å². The van der Waals surface area contributed by atoms with Gasteiger partial charge in [-0.2, -0.15) is 0 Å². The van der Waals surface area contributed by atoms with Gasteiger partial charge in [0.15, 0.2) is 0 Å². The van der Waals surface area contributed by atoms with Gasteiger partial charge in [0.1, 0.15) is 47.8 Å². The van der Waals surface area contributed by atoms with Crippen molar-refractivity contribution in [1.82, 2.24) is 53.2 Å². The molecule has 0 unspecified atom stereocenters. The molecule has 460 valence electrons. The minimum absolute atomic E-state index is 0.0157. The van der Waals surface area contributed by atoms with Crippen LogP contribution >= 0.6 is 0 Å². The van der Waals surface area contributed by atoms with Gasteiger partial charge in [-0.1, -0.05) is 27.7 Å². The molecule has 1 aliphatic rings. The van der Waals surface area contributed by atoms with Crippen LogP contribution in [0.25, 0.3) is 0 Å². The summed E-state index contributed by atoms with van der Waals surface area (Å²) in [5.41, 5.74) is 9.69. The highest BCUT2D eigenvalue weighted by Gasteiger charge is 2.38. The van der Waals surface area contributed by atoms with Crippen molar-refractivity contribution in [2.45, 2.75) is 103 Å². The van der Waals surface area contributed by atoms with Gasteiger partial charge in [0, 0.05) is 37.6 Å². The molecule has 10 amide bonds. The SMILES string of the molecule is CC(C)C[C@H](NC(=O)[C@H](C)NC(=O)[C@H](CC(=O)O)NC(=O)CNC(=O)CNCCNc1ccc(NCCNCC(=O)NCC(=O)N[C@@H](CC(=O)O)C(=O)N[C@@H](C)C(=O)N[C@@H](CC(C)C)C(N)=O)c2c1C(=O)c1c(O)ccc(O)c1C2=O)C(N)=O. The summed E-state index contributed by atoms with van der Waals surface area (Å²) >= 11 is 0. The summed E-state index contributed by atoms with van der Waals surface area (Å²) in [7, 11) is 0. The first-order chi connectivity index (χ1) is 39.4. The maximum Gasteiger partial charge on any atom is 0.305 e. The monoisotopic (exact) mass is 1180 g/mol. The van der Waals surface area contributed by atoms with Gasteiger partial charge in [0.25, 0.3) is 0 Å². The molecule has 84 heavy (non-hydrogen) atoms. The summed E-state index contributed by atoms with van der Waals surface area (Å²) in [6, 6.07) is -2.97. The molecule has 2 aromatic rings. The lowest BCUT2D eigenvalue weighted by atomic mass is 9.81. The van der Waals surface area contributed by atoms with E-state index in [9.17, 15) is 87.5 Å². The highest BCUT2D eigenvalue weighted by Crippen LogP contribution is 2.42. The Morgan fingerprint density at radius 2 is 0.774 bits per heavy atom. The molecule has 0 radical (unpaired) electrons. The molecule has 32 heteroatoms. The van der Waals surface area contributed by atoms with Gasteiger partial charge in [-0.3, -0.25) is 67.1 Å². The molecule has 20 N–H and O–H groups in total. The molecule has 6 atom stereocenters. The van der Waals surface area contributed by atoms with E-state index in [2.05, 4.69) is 63.8 Å². The van der Waals surface area contributed by atoms with Gasteiger partial charge in [-0.15, -0.1) is 0 Å². The fraction of sp³-hybridized carbons (Fsp3) is 0.500. The van der Waals surface area contributed by atoms with Crippen molar-refractivity contribution in [2.24, 2.45) is 23.3 Å². The minimum Gasteiger partial charge on any atom is -0.507 e. The number of carbonyl (C=O) groups is 14. The van der Waals surface area contributed by atoms with Gasteiger partial charge in [-0.25, -0.2) is 0 Å². The number of nitrogens with one attached hydrogen (secondary N) is 12. The lowest BCUT2D eigenvalue weighted by Crippen LogP contribution is -2.56. The smallest absolute Gasteiger partial charge is 0.305 e. The molecule has 0 aliphatic heterocycles. The number of fused-ring (bicyclic) bond motifs is 2. The van der Waals surface area contributed by atoms with Crippen LogP contribution < -0.4 is 75.3 Å². The number of aliphatic carboxylic acids is 2. The fourth-order valence-electron chi connectivity index (χ4n) is 8.16. The third kappa shape index (κ3) is 21.8. The molecule has 0 fully saturated rings. The van der Waals surface area contributed by atoms with Crippen LogP contribution in [0.15, 0.2) is 24.3 Å². The topological polar surface area (TPSA) is 516 Å². The molecule has 0 saturated carbocycles. The molecular formula is C52H74N14O18. The lowest BCUT2D eigenvalue weighted by Gasteiger charge is -2.25. The lowest BCUT2D eigenvalue weighted by molar-refractivity contribution is -0.141. The average Bonchev–Trinajstić information content (AvgIpc) is 1.45. The number of carboxylic acid groups (broad SMARTS) is 2. The van der Waals surface area contributed by atoms with E-state index < -0.39 is 167 Å². The number of aromatic hydroxyl groups is 2. The zero-order valence-electron chi connectivity index (χ0n) is 47.1. The van der Waals surface area contributed by atoms with E-state index in [1.54, 1.807) is 27.7 Å². The minimum atomic E-state index is -1.67. The zero-order chi connectivity index (χ0) is 63.1. The van der Waals surface area contributed by atoms with E-state index in [0.29, 0.717) is 0 Å². The van der Waals surface area contributed by atoms with Crippen molar-refractivity contribution in [2.75, 3.05) is 63.0 Å². The highest BCUT2D eigenvalue weighted by atomic mass is 16.4. The second kappa shape index (κ2) is 32.8. The quantitative estimate of drug-likeness (QED) is 0.0192. The van der Waals surface area contributed by atoms with Gasteiger partial charge in [-0.05, 0) is 62.8 Å². The number of hydrogen-bond acceptors (Lipinski definition) is 20. The van der Waals surface area contributed by atoms with Crippen molar-refractivity contribution in [3.05, 3.63) is 46.5 Å². The van der Waals surface area contributed by atoms with Gasteiger partial charge in [0.05, 0.1) is 61.3 Å². The Labute approximate surface area is 481 Å². The number of anilines is 2. The summed E-state index contributed by atoms with van der Waals surface area (Å²) in [4.78, 5) is 177. The Balaban J connectivity index is 1.55. The summed E-state index contributed by atoms with van der Waals surface area (Å²) in [6.07, 6.45) is -1.34. The predicted molar refractivity (Wildman–Crippen MR) is 297 cm³/mol. The van der Waals surface area contributed by atoms with E-state index >= 15 is 0 Å². The first kappa shape index (κ1) is 68.8. The molecule has 32 nitrogen and oxygen atoms in total. The summed E-state index contributed by atoms with van der Waals surface area (Å²) < 4.78 is 0. The van der Waals surface area contributed by atoms with Crippen LogP contribution in [0, 0.1) is 11.8 Å². The number of primary amides is 2. The first-order valence-electron chi connectivity index (χ1n) is 26.5. The molecule has 0 aromatic heterocycles. The molecular weight excluding hydrogens is 1110 g/mol. The number of benzene rings is 2. The van der Waals surface area contributed by atoms with Crippen LogP contribution in [0.5, 0.6) is 11.5 Å². The van der Waals surface area contributed by atoms with Crippen LogP contribution in [-0.4, -0.2) is 192 Å². The predicted octanol–water partition coefficient (Wildman–Crippen LogP) is -4.93.